The van der Waals surface area contributed by atoms with Crippen molar-refractivity contribution in [1.82, 2.24) is 30.7 Å². The summed E-state index contributed by atoms with van der Waals surface area (Å²) in [6.07, 6.45) is 1.34. The summed E-state index contributed by atoms with van der Waals surface area (Å²) in [5.41, 5.74) is 13.7. The van der Waals surface area contributed by atoms with Crippen LogP contribution in [-0.2, 0) is 11.4 Å². The van der Waals surface area contributed by atoms with Gasteiger partial charge in [0, 0.05) is 0 Å². The van der Waals surface area contributed by atoms with Gasteiger partial charge in [-0.1, -0.05) is 5.21 Å². The van der Waals surface area contributed by atoms with Crippen LogP contribution in [-0.4, -0.2) is 57.1 Å². The lowest BCUT2D eigenvalue weighted by Gasteiger charge is -2.09. The summed E-state index contributed by atoms with van der Waals surface area (Å²) in [5.74, 6) is -0.958. The first-order chi connectivity index (χ1) is 18.4. The van der Waals surface area contributed by atoms with Crippen LogP contribution in [0.3, 0.4) is 0 Å². The molecule has 2 heterocycles. The average molecular weight is 525 g/mol. The number of nitrogen functional groups attached to an aromatic ring is 1. The molecule has 0 radical (unpaired) electrons. The molecular weight excluding hydrogens is 505 g/mol. The lowest BCUT2D eigenvalue weighted by Crippen LogP contribution is -2.21. The summed E-state index contributed by atoms with van der Waals surface area (Å²) in [5, 5.41) is 18.9. The molecule has 4 aromatic rings. The molecule has 2 aromatic carbocycles. The second-order valence-electron chi connectivity index (χ2n) is 7.38. The van der Waals surface area contributed by atoms with E-state index in [1.54, 1.807) is 18.2 Å². The molecule has 0 aliphatic rings. The molecule has 196 valence electrons. The molecule has 4 rings (SSSR count). The van der Waals surface area contributed by atoms with Crippen molar-refractivity contribution in [1.29, 1.82) is 0 Å². The van der Waals surface area contributed by atoms with Gasteiger partial charge < -0.3 is 25.7 Å². The minimum absolute atomic E-state index is 0.0107. The van der Waals surface area contributed by atoms with Crippen LogP contribution < -0.4 is 31.1 Å². The highest BCUT2D eigenvalue weighted by Crippen LogP contribution is 2.27. The van der Waals surface area contributed by atoms with Crippen molar-refractivity contribution in [2.45, 2.75) is 6.61 Å². The molecule has 0 saturated carbocycles. The van der Waals surface area contributed by atoms with E-state index in [2.05, 4.69) is 35.8 Å². The summed E-state index contributed by atoms with van der Waals surface area (Å²) >= 11 is 0. The van der Waals surface area contributed by atoms with E-state index in [0.29, 0.717) is 22.8 Å². The first-order valence-electron chi connectivity index (χ1n) is 10.7. The minimum Gasteiger partial charge on any atom is -0.493 e. The third-order valence-electron chi connectivity index (χ3n) is 4.80. The predicted octanol–water partition coefficient (Wildman–Crippen LogP) is 0.587. The number of aromatic nitrogens is 5. The van der Waals surface area contributed by atoms with E-state index < -0.39 is 17.6 Å². The van der Waals surface area contributed by atoms with Crippen LogP contribution in [0.4, 0.5) is 10.2 Å². The Kier molecular flexibility index (Phi) is 7.71. The van der Waals surface area contributed by atoms with E-state index in [-0.39, 0.29) is 36.2 Å². The first kappa shape index (κ1) is 25.5. The second-order valence-corrected chi connectivity index (χ2v) is 7.38. The highest BCUT2D eigenvalue weighted by atomic mass is 19.1. The number of nitrogens with one attached hydrogen (secondary N) is 1. The fourth-order valence-corrected chi connectivity index (χ4v) is 3.05. The van der Waals surface area contributed by atoms with Crippen molar-refractivity contribution >= 4 is 23.8 Å². The SMILES string of the molecule is COc1cc(/C=N/NC(=O)c2nnn(-c3nonc3N)c2COc2ccc(F)cc2)ccc1OCC(N)=O. The van der Waals surface area contributed by atoms with Crippen LogP contribution in [0.15, 0.2) is 52.2 Å². The van der Waals surface area contributed by atoms with E-state index >= 15 is 0 Å². The number of amides is 2. The van der Waals surface area contributed by atoms with Crippen molar-refractivity contribution in [2.75, 3.05) is 19.5 Å². The number of hydrazone groups is 1. The Balaban J connectivity index is 1.51. The summed E-state index contributed by atoms with van der Waals surface area (Å²) in [6, 6.07) is 10.0. The molecule has 0 bridgehead atoms. The van der Waals surface area contributed by atoms with Crippen molar-refractivity contribution in [3.63, 3.8) is 0 Å². The molecule has 0 spiro atoms. The van der Waals surface area contributed by atoms with Gasteiger partial charge in [-0.15, -0.1) is 5.10 Å². The van der Waals surface area contributed by atoms with Crippen LogP contribution in [0.2, 0.25) is 0 Å². The highest BCUT2D eigenvalue weighted by Gasteiger charge is 2.24. The number of nitrogens with zero attached hydrogens (tertiary/aromatic N) is 6. The number of methoxy groups -OCH3 is 1. The van der Waals surface area contributed by atoms with Crippen LogP contribution in [0, 0.1) is 5.82 Å². The zero-order valence-corrected chi connectivity index (χ0v) is 19.7. The molecular formula is C22H20FN9O6. The zero-order valence-electron chi connectivity index (χ0n) is 19.7. The van der Waals surface area contributed by atoms with Gasteiger partial charge in [0.25, 0.3) is 11.8 Å². The largest absolute Gasteiger partial charge is 0.493 e. The Morgan fingerprint density at radius 3 is 2.63 bits per heavy atom. The minimum atomic E-state index is -0.728. The maximum atomic E-state index is 13.2. The van der Waals surface area contributed by atoms with Gasteiger partial charge in [0.2, 0.25) is 11.6 Å². The molecule has 0 unspecified atom stereocenters. The lowest BCUT2D eigenvalue weighted by molar-refractivity contribution is -0.119. The van der Waals surface area contributed by atoms with Gasteiger partial charge in [-0.05, 0) is 58.3 Å². The predicted molar refractivity (Wildman–Crippen MR) is 127 cm³/mol. The molecule has 5 N–H and O–H groups in total. The number of benzene rings is 2. The fraction of sp³-hybridized carbons (Fsp3) is 0.136. The number of hydrogen-bond acceptors (Lipinski definition) is 12. The van der Waals surface area contributed by atoms with E-state index in [9.17, 15) is 14.0 Å². The van der Waals surface area contributed by atoms with Crippen LogP contribution in [0.25, 0.3) is 5.82 Å². The summed E-state index contributed by atoms with van der Waals surface area (Å²) in [6.45, 7) is -0.537. The van der Waals surface area contributed by atoms with E-state index in [1.807, 2.05) is 0 Å². The molecule has 0 fully saturated rings. The maximum absolute atomic E-state index is 13.2. The second kappa shape index (κ2) is 11.5. The van der Waals surface area contributed by atoms with E-state index in [0.717, 1.165) is 4.68 Å². The number of ether oxygens (including phenoxy) is 3. The maximum Gasteiger partial charge on any atom is 0.293 e. The van der Waals surface area contributed by atoms with Crippen molar-refractivity contribution < 1.29 is 32.8 Å². The Bertz CT molecular complexity index is 1470. The molecule has 0 atom stereocenters. The number of carbonyl (C=O) groups excluding carboxylic acids is 2. The summed E-state index contributed by atoms with van der Waals surface area (Å²) in [4.78, 5) is 23.8. The number of rotatable bonds is 11. The Morgan fingerprint density at radius 2 is 1.95 bits per heavy atom. The van der Waals surface area contributed by atoms with Crippen LogP contribution in [0.1, 0.15) is 21.7 Å². The third-order valence-corrected chi connectivity index (χ3v) is 4.80. The molecule has 2 aromatic heterocycles. The van der Waals surface area contributed by atoms with Crippen LogP contribution >= 0.6 is 0 Å². The smallest absolute Gasteiger partial charge is 0.293 e. The quantitative estimate of drug-likeness (QED) is 0.182. The first-order valence-corrected chi connectivity index (χ1v) is 10.7. The van der Waals surface area contributed by atoms with Crippen LogP contribution in [0.5, 0.6) is 17.2 Å². The van der Waals surface area contributed by atoms with Gasteiger partial charge in [0.1, 0.15) is 23.9 Å². The molecule has 2 amide bonds. The summed E-state index contributed by atoms with van der Waals surface area (Å²) in [7, 11) is 1.42. The van der Waals surface area contributed by atoms with Crippen molar-refractivity contribution in [2.24, 2.45) is 10.8 Å². The standard InChI is InChI=1S/C22H20FN9O6/c1-35-17-8-12(2-7-16(17)37-11-18(24)33)9-26-28-22(34)19-15(10-36-14-5-3-13(23)4-6-14)32(31-27-19)21-20(25)29-38-30-21/h2-9H,10-11H2,1H3,(H2,24,33)(H2,25,29)(H,28,34)/b26-9+. The fourth-order valence-electron chi connectivity index (χ4n) is 3.05. The van der Waals surface area contributed by atoms with Crippen molar-refractivity contribution in [3.05, 3.63) is 65.2 Å². The topological polar surface area (TPSA) is 208 Å². The zero-order chi connectivity index (χ0) is 27.1. The van der Waals surface area contributed by atoms with Gasteiger partial charge in [-0.25, -0.2) is 14.4 Å². The molecule has 0 saturated heterocycles. The van der Waals surface area contributed by atoms with Gasteiger partial charge >= 0.3 is 0 Å². The molecule has 15 nitrogen and oxygen atoms in total. The van der Waals surface area contributed by atoms with Gasteiger partial charge in [-0.3, -0.25) is 9.59 Å². The van der Waals surface area contributed by atoms with E-state index in [4.69, 9.17) is 25.7 Å². The monoisotopic (exact) mass is 525 g/mol. The molecule has 16 heteroatoms. The Hall–Kier alpha value is -5.54. The number of hydrogen-bond donors (Lipinski definition) is 3. The molecule has 38 heavy (non-hydrogen) atoms. The van der Waals surface area contributed by atoms with Gasteiger partial charge in [-0.2, -0.15) is 9.78 Å². The Labute approximate surface area is 213 Å². The van der Waals surface area contributed by atoms with Crippen molar-refractivity contribution in [3.8, 4) is 23.1 Å². The number of nitrogens with two attached hydrogens (primary N) is 2. The molecule has 0 aliphatic heterocycles. The van der Waals surface area contributed by atoms with Gasteiger partial charge in [0.15, 0.2) is 23.8 Å². The third kappa shape index (κ3) is 5.99. The summed E-state index contributed by atoms with van der Waals surface area (Å²) < 4.78 is 35.1. The number of anilines is 1. The number of primary amides is 1. The molecule has 0 aliphatic carbocycles. The van der Waals surface area contributed by atoms with Gasteiger partial charge in [0.05, 0.1) is 13.3 Å². The number of carbonyl (C=O) groups is 2. The highest BCUT2D eigenvalue weighted by molar-refractivity contribution is 5.94. The number of halogens is 1. The normalized spacial score (nSPS) is 10.9. The average Bonchev–Trinajstić information content (AvgIpc) is 3.52. The lowest BCUT2D eigenvalue weighted by atomic mass is 10.2. The Morgan fingerprint density at radius 1 is 1.16 bits per heavy atom. The van der Waals surface area contributed by atoms with E-state index in [1.165, 1.54) is 37.6 Å².